The fourth-order valence-electron chi connectivity index (χ4n) is 6.44. The van der Waals surface area contributed by atoms with Gasteiger partial charge in [-0.05, 0) is 62.4 Å². The number of hydrogen-bond donors (Lipinski definition) is 3. The molecule has 2 aromatic carbocycles. The van der Waals surface area contributed by atoms with Gasteiger partial charge in [0.25, 0.3) is 0 Å². The average molecular weight is 508 g/mol. The molecule has 0 aliphatic carbocycles. The van der Waals surface area contributed by atoms with E-state index in [4.69, 9.17) is 0 Å². The molecule has 3 saturated heterocycles. The summed E-state index contributed by atoms with van der Waals surface area (Å²) in [5.74, 6) is -1.75. The van der Waals surface area contributed by atoms with Crippen molar-refractivity contribution in [1.82, 2.24) is 4.90 Å². The number of para-hydroxylation sites is 1. The molecule has 0 saturated carbocycles. The van der Waals surface area contributed by atoms with Crippen molar-refractivity contribution in [2.24, 2.45) is 17.8 Å². The molecule has 3 aliphatic heterocycles. The quantitative estimate of drug-likeness (QED) is 0.555. The standard InChI is InChI=1S/C28H33N3O4S/c1-15-10-11-16(2)20(12-15)30-26(34)24-28-17(3)13-21(36-28)22(23(28)27(35)31(24)18(4)14-32)25(33)29-19-8-6-5-7-9-19/h5-12,17-18,21-24,32H,13-14H2,1-4H3,(H,29,33)(H,30,34)/t17?,18-,21-,22+,23+,24?,28?/m1/s1. The molecule has 36 heavy (non-hydrogen) atoms. The highest BCUT2D eigenvalue weighted by Crippen LogP contribution is 2.68. The van der Waals surface area contributed by atoms with Crippen LogP contribution in [0.4, 0.5) is 11.4 Å². The van der Waals surface area contributed by atoms with Gasteiger partial charge in [0.2, 0.25) is 17.7 Å². The normalized spacial score (nSPS) is 31.3. The highest BCUT2D eigenvalue weighted by atomic mass is 32.2. The van der Waals surface area contributed by atoms with Crippen molar-refractivity contribution in [1.29, 1.82) is 0 Å². The SMILES string of the molecule is Cc1ccc(C)c(NC(=O)C2N([C@H](C)CO)C(=O)[C@@H]3[C@@H](C(=O)Nc4ccccc4)[C@H]4CC(C)C23S4)c1. The minimum Gasteiger partial charge on any atom is -0.394 e. The summed E-state index contributed by atoms with van der Waals surface area (Å²) in [6.07, 6.45) is 0.760. The van der Waals surface area contributed by atoms with E-state index in [0.29, 0.717) is 11.4 Å². The number of fused-ring (bicyclic) bond motifs is 1. The third-order valence-corrected chi connectivity index (χ3v) is 10.2. The van der Waals surface area contributed by atoms with Crippen LogP contribution in [-0.2, 0) is 14.4 Å². The Balaban J connectivity index is 1.53. The maximum Gasteiger partial charge on any atom is 0.248 e. The summed E-state index contributed by atoms with van der Waals surface area (Å²) in [6, 6.07) is 13.8. The Morgan fingerprint density at radius 3 is 2.56 bits per heavy atom. The number of rotatable bonds is 6. The Morgan fingerprint density at radius 1 is 1.14 bits per heavy atom. The number of thioether (sulfide) groups is 1. The molecule has 3 fully saturated rings. The van der Waals surface area contributed by atoms with Crippen molar-refractivity contribution in [3.05, 3.63) is 59.7 Å². The van der Waals surface area contributed by atoms with Crippen molar-refractivity contribution in [3.63, 3.8) is 0 Å². The molecule has 3 heterocycles. The van der Waals surface area contributed by atoms with Crippen LogP contribution < -0.4 is 10.6 Å². The molecule has 3 unspecified atom stereocenters. The number of aryl methyl sites for hydroxylation is 2. The fourth-order valence-corrected chi connectivity index (χ4v) is 8.85. The summed E-state index contributed by atoms with van der Waals surface area (Å²) in [7, 11) is 0. The van der Waals surface area contributed by atoms with Crippen LogP contribution in [0.25, 0.3) is 0 Å². The fraction of sp³-hybridized carbons (Fsp3) is 0.464. The van der Waals surface area contributed by atoms with Crippen molar-refractivity contribution >= 4 is 40.9 Å². The highest BCUT2D eigenvalue weighted by molar-refractivity contribution is 8.02. The number of hydrogen-bond acceptors (Lipinski definition) is 5. The second-order valence-corrected chi connectivity index (χ2v) is 12.0. The molecular weight excluding hydrogens is 474 g/mol. The zero-order valence-electron chi connectivity index (χ0n) is 21.0. The number of aliphatic hydroxyl groups is 1. The van der Waals surface area contributed by atoms with E-state index >= 15 is 0 Å². The first-order valence-electron chi connectivity index (χ1n) is 12.5. The van der Waals surface area contributed by atoms with E-state index < -0.39 is 28.7 Å². The molecule has 7 nitrogen and oxygen atoms in total. The minimum atomic E-state index is -0.781. The van der Waals surface area contributed by atoms with E-state index in [1.165, 1.54) is 0 Å². The Kier molecular flexibility index (Phi) is 6.37. The molecular formula is C28H33N3O4S. The highest BCUT2D eigenvalue weighted by Gasteiger charge is 2.76. The Morgan fingerprint density at radius 2 is 1.86 bits per heavy atom. The van der Waals surface area contributed by atoms with Gasteiger partial charge in [-0.15, -0.1) is 11.8 Å². The Hall–Kier alpha value is -2.84. The molecule has 3 aliphatic rings. The van der Waals surface area contributed by atoms with E-state index in [1.54, 1.807) is 23.6 Å². The van der Waals surface area contributed by atoms with Crippen LogP contribution in [0.2, 0.25) is 0 Å². The minimum absolute atomic E-state index is 0.0414. The first kappa shape index (κ1) is 24.8. The van der Waals surface area contributed by atoms with E-state index in [0.717, 1.165) is 17.5 Å². The zero-order chi connectivity index (χ0) is 25.8. The molecule has 5 rings (SSSR count). The van der Waals surface area contributed by atoms with E-state index in [1.807, 2.05) is 62.4 Å². The van der Waals surface area contributed by atoms with Crippen molar-refractivity contribution < 1.29 is 19.5 Å². The van der Waals surface area contributed by atoms with Gasteiger partial charge in [0.15, 0.2) is 0 Å². The van der Waals surface area contributed by atoms with Crippen LogP contribution in [0, 0.1) is 31.6 Å². The molecule has 8 heteroatoms. The average Bonchev–Trinajstić information content (AvgIpc) is 3.45. The first-order valence-corrected chi connectivity index (χ1v) is 13.4. The smallest absolute Gasteiger partial charge is 0.248 e. The number of nitrogens with zero attached hydrogens (tertiary/aromatic N) is 1. The van der Waals surface area contributed by atoms with E-state index in [-0.39, 0.29) is 35.5 Å². The van der Waals surface area contributed by atoms with Gasteiger partial charge in [-0.3, -0.25) is 14.4 Å². The molecule has 190 valence electrons. The number of carbonyl (C=O) groups is 3. The molecule has 2 bridgehead atoms. The van der Waals surface area contributed by atoms with Gasteiger partial charge in [0, 0.05) is 16.6 Å². The molecule has 7 atom stereocenters. The third kappa shape index (κ3) is 3.73. The summed E-state index contributed by atoms with van der Waals surface area (Å²) in [6.45, 7) is 7.49. The molecule has 3 N–H and O–H groups in total. The Bertz CT molecular complexity index is 1200. The predicted octanol–water partition coefficient (Wildman–Crippen LogP) is 3.60. The summed E-state index contributed by atoms with van der Waals surface area (Å²) in [5.41, 5.74) is 3.36. The zero-order valence-corrected chi connectivity index (χ0v) is 21.8. The maximum absolute atomic E-state index is 14.0. The van der Waals surface area contributed by atoms with Gasteiger partial charge in [0.05, 0.1) is 29.2 Å². The lowest BCUT2D eigenvalue weighted by molar-refractivity contribution is -0.140. The predicted molar refractivity (Wildman–Crippen MR) is 142 cm³/mol. The van der Waals surface area contributed by atoms with E-state index in [9.17, 15) is 19.5 Å². The number of aliphatic hydroxyl groups excluding tert-OH is 1. The lowest BCUT2D eigenvalue weighted by atomic mass is 9.66. The second-order valence-electron chi connectivity index (χ2n) is 10.5. The van der Waals surface area contributed by atoms with E-state index in [2.05, 4.69) is 17.6 Å². The van der Waals surface area contributed by atoms with Crippen LogP contribution in [0.15, 0.2) is 48.5 Å². The number of carbonyl (C=O) groups excluding carboxylic acids is 3. The second kappa shape index (κ2) is 9.23. The number of anilines is 2. The summed E-state index contributed by atoms with van der Waals surface area (Å²) < 4.78 is -0.730. The number of nitrogens with one attached hydrogen (secondary N) is 2. The van der Waals surface area contributed by atoms with Crippen LogP contribution in [0.1, 0.15) is 31.4 Å². The monoisotopic (exact) mass is 507 g/mol. The lowest BCUT2D eigenvalue weighted by Gasteiger charge is -2.39. The molecule has 0 aromatic heterocycles. The molecule has 0 radical (unpaired) electrons. The third-order valence-electron chi connectivity index (χ3n) is 8.17. The number of likely N-dealkylation sites (tertiary alicyclic amines) is 1. The van der Waals surface area contributed by atoms with Crippen molar-refractivity contribution in [2.75, 3.05) is 17.2 Å². The molecule has 3 amide bonds. The van der Waals surface area contributed by atoms with Gasteiger partial charge in [-0.25, -0.2) is 0 Å². The topological polar surface area (TPSA) is 98.7 Å². The maximum atomic E-state index is 14.0. The van der Waals surface area contributed by atoms with Crippen LogP contribution >= 0.6 is 11.8 Å². The van der Waals surface area contributed by atoms with Gasteiger partial charge in [-0.1, -0.05) is 37.3 Å². The molecule has 2 aromatic rings. The van der Waals surface area contributed by atoms with Crippen molar-refractivity contribution in [2.45, 2.75) is 56.2 Å². The summed E-state index contributed by atoms with van der Waals surface area (Å²) in [5, 5.41) is 16.1. The summed E-state index contributed by atoms with van der Waals surface area (Å²) >= 11 is 1.63. The van der Waals surface area contributed by atoms with Crippen LogP contribution in [0.3, 0.4) is 0 Å². The van der Waals surface area contributed by atoms with Gasteiger partial charge < -0.3 is 20.6 Å². The van der Waals surface area contributed by atoms with Crippen LogP contribution in [-0.4, -0.2) is 56.4 Å². The van der Waals surface area contributed by atoms with Gasteiger partial charge in [0.1, 0.15) is 6.04 Å². The lowest BCUT2D eigenvalue weighted by Crippen LogP contribution is -2.56. The van der Waals surface area contributed by atoms with Crippen LogP contribution in [0.5, 0.6) is 0 Å². The van der Waals surface area contributed by atoms with Gasteiger partial charge >= 0.3 is 0 Å². The Labute approximate surface area is 216 Å². The van der Waals surface area contributed by atoms with Crippen molar-refractivity contribution in [3.8, 4) is 0 Å². The number of benzene rings is 2. The number of amides is 3. The largest absolute Gasteiger partial charge is 0.394 e. The summed E-state index contributed by atoms with van der Waals surface area (Å²) in [4.78, 5) is 43.1. The van der Waals surface area contributed by atoms with Gasteiger partial charge in [-0.2, -0.15) is 0 Å². The first-order chi connectivity index (χ1) is 17.2. The molecule has 1 spiro atoms.